The molecule has 0 aliphatic carbocycles. The minimum absolute atomic E-state index is 0.157. The highest BCUT2D eigenvalue weighted by Gasteiger charge is 2.20. The minimum Gasteiger partial charge on any atom is -0.486 e. The van der Waals surface area contributed by atoms with E-state index < -0.39 is 10.0 Å². The molecule has 0 amide bonds. The number of sulfonamides is 1. The van der Waals surface area contributed by atoms with Crippen LogP contribution in [0.2, 0.25) is 5.02 Å². The molecule has 0 aliphatic rings. The molecule has 8 nitrogen and oxygen atoms in total. The lowest BCUT2D eigenvalue weighted by atomic mass is 10.1. The number of nitrogens with one attached hydrogen (secondary N) is 2. The van der Waals surface area contributed by atoms with Crippen molar-refractivity contribution in [2.24, 2.45) is 5.92 Å². The lowest BCUT2D eigenvalue weighted by molar-refractivity contribution is 0.302. The van der Waals surface area contributed by atoms with E-state index in [1.54, 1.807) is 42.6 Å². The number of pyridine rings is 2. The van der Waals surface area contributed by atoms with E-state index in [9.17, 15) is 13.2 Å². The van der Waals surface area contributed by atoms with Gasteiger partial charge in [0.15, 0.2) is 0 Å². The van der Waals surface area contributed by atoms with Crippen LogP contribution in [-0.4, -0.2) is 31.2 Å². The van der Waals surface area contributed by atoms with Crippen molar-refractivity contribution in [1.29, 1.82) is 0 Å². The molecule has 2 N–H and O–H groups in total. The van der Waals surface area contributed by atoms with Crippen molar-refractivity contribution in [3.63, 3.8) is 0 Å². The van der Waals surface area contributed by atoms with Crippen LogP contribution in [0.15, 0.2) is 71.7 Å². The van der Waals surface area contributed by atoms with Gasteiger partial charge in [-0.1, -0.05) is 37.6 Å². The molecule has 0 bridgehead atoms. The summed E-state index contributed by atoms with van der Waals surface area (Å²) in [5, 5.41) is 4.51. The van der Waals surface area contributed by atoms with Crippen LogP contribution in [0.1, 0.15) is 38.1 Å². The van der Waals surface area contributed by atoms with Crippen LogP contribution in [0, 0.1) is 5.92 Å². The van der Waals surface area contributed by atoms with E-state index >= 15 is 0 Å². The van der Waals surface area contributed by atoms with Gasteiger partial charge in [0.2, 0.25) is 10.0 Å². The first-order valence-corrected chi connectivity index (χ1v) is 14.5. The quantitative estimate of drug-likeness (QED) is 0.258. The molecule has 38 heavy (non-hydrogen) atoms. The zero-order valence-electron chi connectivity index (χ0n) is 21.7. The first-order valence-electron chi connectivity index (χ1n) is 12.2. The molecule has 2 aromatic heterocycles. The zero-order valence-corrected chi connectivity index (χ0v) is 23.3. The van der Waals surface area contributed by atoms with E-state index in [2.05, 4.69) is 15.3 Å². The van der Waals surface area contributed by atoms with Gasteiger partial charge in [0, 0.05) is 35.4 Å². The van der Waals surface area contributed by atoms with Crippen LogP contribution >= 0.6 is 11.6 Å². The number of fused-ring (bicyclic) bond motifs is 1. The fourth-order valence-corrected chi connectivity index (χ4v) is 5.43. The first kappa shape index (κ1) is 27.5. The van der Waals surface area contributed by atoms with Crippen LogP contribution in [0.3, 0.4) is 0 Å². The number of H-pyrrole nitrogens is 1. The van der Waals surface area contributed by atoms with Gasteiger partial charge < -0.3 is 15.0 Å². The maximum atomic E-state index is 13.0. The van der Waals surface area contributed by atoms with Gasteiger partial charge >= 0.3 is 0 Å². The highest BCUT2D eigenvalue weighted by atomic mass is 35.5. The van der Waals surface area contributed by atoms with E-state index in [0.717, 1.165) is 11.1 Å². The number of hydrogen-bond acceptors (Lipinski definition) is 6. The van der Waals surface area contributed by atoms with Crippen molar-refractivity contribution in [3.8, 4) is 5.75 Å². The minimum atomic E-state index is -3.44. The lowest BCUT2D eigenvalue weighted by Crippen LogP contribution is -2.33. The number of halogens is 1. The third-order valence-electron chi connectivity index (χ3n) is 5.94. The van der Waals surface area contributed by atoms with Crippen LogP contribution < -0.4 is 19.9 Å². The van der Waals surface area contributed by atoms with E-state index in [-0.39, 0.29) is 24.1 Å². The molecule has 1 atom stereocenters. The monoisotopic (exact) mass is 554 g/mol. The molecule has 0 saturated heterocycles. The molecule has 0 saturated carbocycles. The molecule has 0 unspecified atom stereocenters. The summed E-state index contributed by atoms with van der Waals surface area (Å²) in [6.45, 7) is 6.43. The normalized spacial score (nSPS) is 12.5. The average molecular weight is 555 g/mol. The molecule has 0 fully saturated rings. The Hall–Kier alpha value is -3.56. The Morgan fingerprint density at radius 1 is 1.08 bits per heavy atom. The van der Waals surface area contributed by atoms with Gasteiger partial charge in [-0.2, -0.15) is 0 Å². The zero-order chi connectivity index (χ0) is 27.4. The predicted molar refractivity (Wildman–Crippen MR) is 154 cm³/mol. The van der Waals surface area contributed by atoms with Crippen LogP contribution in [-0.2, 0) is 16.6 Å². The Kier molecular flexibility index (Phi) is 8.28. The van der Waals surface area contributed by atoms with Crippen molar-refractivity contribution in [1.82, 2.24) is 9.97 Å². The molecule has 4 rings (SSSR count). The van der Waals surface area contributed by atoms with Gasteiger partial charge in [-0.15, -0.1) is 0 Å². The Bertz CT molecular complexity index is 1590. The van der Waals surface area contributed by atoms with Crippen molar-refractivity contribution in [2.45, 2.75) is 33.4 Å². The number of ether oxygens (including phenoxy) is 1. The summed E-state index contributed by atoms with van der Waals surface area (Å²) in [6.07, 6.45) is 2.89. The summed E-state index contributed by atoms with van der Waals surface area (Å²) >= 11 is 6.48. The molecule has 0 spiro atoms. The van der Waals surface area contributed by atoms with Crippen molar-refractivity contribution in [2.75, 3.05) is 22.4 Å². The fourth-order valence-electron chi connectivity index (χ4n) is 4.13. The molecule has 200 valence electrons. The number of hydrogen-bond donors (Lipinski definition) is 2. The summed E-state index contributed by atoms with van der Waals surface area (Å²) < 4.78 is 32.0. The number of nitrogens with zero attached hydrogens (tertiary/aromatic N) is 2. The average Bonchev–Trinajstić information content (AvgIpc) is 2.86. The third-order valence-corrected chi connectivity index (χ3v) is 7.40. The largest absolute Gasteiger partial charge is 0.486 e. The summed E-state index contributed by atoms with van der Waals surface area (Å²) in [5.41, 5.74) is 2.90. The Morgan fingerprint density at radius 2 is 1.87 bits per heavy atom. The van der Waals surface area contributed by atoms with E-state index in [1.807, 2.05) is 45.0 Å². The number of aromatic nitrogens is 2. The molecule has 0 aliphatic heterocycles. The van der Waals surface area contributed by atoms with E-state index in [1.165, 1.54) is 10.6 Å². The van der Waals surface area contributed by atoms with Gasteiger partial charge in [0.1, 0.15) is 12.4 Å². The lowest BCUT2D eigenvalue weighted by Gasteiger charge is -2.25. The third kappa shape index (κ3) is 6.65. The second kappa shape index (κ2) is 11.4. The van der Waals surface area contributed by atoms with Crippen LogP contribution in [0.5, 0.6) is 5.75 Å². The van der Waals surface area contributed by atoms with E-state index in [0.29, 0.717) is 39.8 Å². The number of benzene rings is 2. The van der Waals surface area contributed by atoms with E-state index in [4.69, 9.17) is 16.3 Å². The summed E-state index contributed by atoms with van der Waals surface area (Å²) in [7, 11) is -3.44. The highest BCUT2D eigenvalue weighted by Crippen LogP contribution is 2.31. The smallest absolute Gasteiger partial charge is 0.253 e. The number of anilines is 2. The van der Waals surface area contributed by atoms with Crippen LogP contribution in [0.4, 0.5) is 11.4 Å². The van der Waals surface area contributed by atoms with Crippen molar-refractivity contribution >= 4 is 43.9 Å². The molecular weight excluding hydrogens is 524 g/mol. The van der Waals surface area contributed by atoms with Gasteiger partial charge in [0.05, 0.1) is 34.2 Å². The second-order valence-corrected chi connectivity index (χ2v) is 12.0. The summed E-state index contributed by atoms with van der Waals surface area (Å²) in [6, 6.07) is 17.6. The van der Waals surface area contributed by atoms with Gasteiger partial charge in [-0.3, -0.25) is 14.1 Å². The molecular formula is C28H31ClN4O4S. The SMILES string of the molecule is CC(C)CN(c1cccc(N[C@@H](C)c2cc3cc(Cl)c(OCc4ccccn4)cc3[nH]c2=O)c1)S(C)(=O)=O. The Balaban J connectivity index is 1.57. The second-order valence-electron chi connectivity index (χ2n) is 9.64. The molecule has 0 radical (unpaired) electrons. The summed E-state index contributed by atoms with van der Waals surface area (Å²) in [5.74, 6) is 0.609. The fraction of sp³-hybridized carbons (Fsp3) is 0.286. The van der Waals surface area contributed by atoms with Crippen LogP contribution in [0.25, 0.3) is 10.9 Å². The molecule has 2 aromatic carbocycles. The maximum absolute atomic E-state index is 13.0. The molecule has 4 aromatic rings. The highest BCUT2D eigenvalue weighted by molar-refractivity contribution is 7.92. The first-order chi connectivity index (χ1) is 18.0. The number of rotatable bonds is 10. The maximum Gasteiger partial charge on any atom is 0.253 e. The molecule has 2 heterocycles. The van der Waals surface area contributed by atoms with Crippen molar-refractivity contribution in [3.05, 3.63) is 93.5 Å². The topological polar surface area (TPSA) is 104 Å². The Labute approximate surface area is 227 Å². The Morgan fingerprint density at radius 3 is 2.55 bits per heavy atom. The van der Waals surface area contributed by atoms with Crippen molar-refractivity contribution < 1.29 is 13.2 Å². The number of aromatic amines is 1. The summed E-state index contributed by atoms with van der Waals surface area (Å²) in [4.78, 5) is 20.2. The standard InChI is InChI=1S/C28H31ClN4O4S/c1-18(2)16-33(38(4,35)36)23-10-7-9-21(14-23)31-19(3)24-12-20-13-25(29)27(15-26(20)32-28(24)34)37-17-22-8-5-6-11-30-22/h5-15,18-19,31H,16-17H2,1-4H3,(H,32,34)/t19-/m0/s1. The van der Waals surface area contributed by atoms with Gasteiger partial charge in [-0.05, 0) is 55.3 Å². The van der Waals surface area contributed by atoms with Gasteiger partial charge in [0.25, 0.3) is 5.56 Å². The predicted octanol–water partition coefficient (Wildman–Crippen LogP) is 5.75. The molecule has 10 heteroatoms. The van der Waals surface area contributed by atoms with Gasteiger partial charge in [-0.25, -0.2) is 8.42 Å².